The minimum Gasteiger partial charge on any atom is -0.399 e. The minimum atomic E-state index is -1.80. The molecule has 0 unspecified atom stereocenters. The number of nitrogens with zero attached hydrogens (tertiary/aromatic N) is 4. The third-order valence-electron chi connectivity index (χ3n) is 5.66. The monoisotopic (exact) mass is 361 g/mol. The molecule has 2 atom stereocenters. The van der Waals surface area contributed by atoms with Crippen LogP contribution < -0.4 is 5.73 Å². The Bertz CT molecular complexity index is 940. The maximum Gasteiger partial charge on any atom is 0.191 e. The van der Waals surface area contributed by atoms with E-state index in [1.54, 1.807) is 18.2 Å². The molecule has 27 heavy (non-hydrogen) atoms. The Labute approximate surface area is 158 Å². The predicted molar refractivity (Wildman–Crippen MR) is 97.9 cm³/mol. The number of fused-ring (bicyclic) bond motifs is 1. The van der Waals surface area contributed by atoms with Crippen LogP contribution >= 0.6 is 0 Å². The molecule has 2 N–H and O–H groups in total. The second-order valence-electron chi connectivity index (χ2n) is 7.24. The average molecular weight is 361 g/mol. The molecule has 0 bridgehead atoms. The summed E-state index contributed by atoms with van der Waals surface area (Å²) in [4.78, 5) is 2.18. The van der Waals surface area contributed by atoms with Gasteiger partial charge in [0.25, 0.3) is 0 Å². The molecule has 0 spiro atoms. The molecule has 0 fully saturated rings. The van der Waals surface area contributed by atoms with E-state index in [4.69, 9.17) is 5.73 Å². The Morgan fingerprint density at radius 3 is 2.44 bits per heavy atom. The quantitative estimate of drug-likeness (QED) is 0.873. The van der Waals surface area contributed by atoms with Gasteiger partial charge in [-0.2, -0.15) is 15.8 Å². The molecule has 0 radical (unpaired) electrons. The first-order chi connectivity index (χ1) is 12.9. The van der Waals surface area contributed by atoms with E-state index in [0.29, 0.717) is 18.7 Å². The summed E-state index contributed by atoms with van der Waals surface area (Å²) in [6, 6.07) is 12.5. The molecule has 0 saturated heterocycles. The van der Waals surface area contributed by atoms with Crippen molar-refractivity contribution in [1.29, 1.82) is 15.8 Å². The topological polar surface area (TPSA) is 101 Å². The number of halogens is 1. The molecule has 1 aliphatic heterocycles. The van der Waals surface area contributed by atoms with Gasteiger partial charge in [-0.25, -0.2) is 4.39 Å². The Kier molecular flexibility index (Phi) is 4.75. The highest BCUT2D eigenvalue weighted by molar-refractivity contribution is 5.59. The smallest absolute Gasteiger partial charge is 0.191 e. The van der Waals surface area contributed by atoms with Crippen molar-refractivity contribution in [3.8, 4) is 18.2 Å². The highest BCUT2D eigenvalue weighted by atomic mass is 19.1. The van der Waals surface area contributed by atoms with Crippen molar-refractivity contribution in [2.45, 2.75) is 25.8 Å². The molecule has 0 aromatic heterocycles. The summed E-state index contributed by atoms with van der Waals surface area (Å²) < 4.78 is 14.7. The Hall–Kier alpha value is -3.14. The first-order valence-electron chi connectivity index (χ1n) is 8.83. The van der Waals surface area contributed by atoms with Crippen LogP contribution in [0.15, 0.2) is 47.2 Å². The molecule has 6 heteroatoms. The van der Waals surface area contributed by atoms with Crippen LogP contribution in [0, 0.1) is 51.1 Å². The maximum absolute atomic E-state index is 14.7. The van der Waals surface area contributed by atoms with E-state index in [2.05, 4.69) is 24.8 Å². The van der Waals surface area contributed by atoms with E-state index >= 15 is 0 Å². The van der Waals surface area contributed by atoms with Gasteiger partial charge in [0.15, 0.2) is 5.41 Å². The summed E-state index contributed by atoms with van der Waals surface area (Å²) in [6.07, 6.45) is 1.92. The number of rotatable bonds is 2. The molecule has 3 rings (SSSR count). The summed E-state index contributed by atoms with van der Waals surface area (Å²) in [7, 11) is 0. The molecule has 5 nitrogen and oxygen atoms in total. The standard InChI is InChI=1S/C21H20FN5/c1-13(2)27-8-7-14-16(9-23)20(26)21(11-24,12-25)19(17(14)10-27)15-5-3-4-6-18(15)22/h3-7,13,17,19H,8,10,26H2,1-2H3/t17-,19-/m1/s1. The summed E-state index contributed by atoms with van der Waals surface area (Å²) in [6.45, 7) is 5.26. The number of hydrogen-bond acceptors (Lipinski definition) is 5. The van der Waals surface area contributed by atoms with E-state index in [0.717, 1.165) is 0 Å². The van der Waals surface area contributed by atoms with Crippen LogP contribution in [-0.2, 0) is 0 Å². The lowest BCUT2D eigenvalue weighted by molar-refractivity contribution is 0.172. The molecule has 0 amide bonds. The highest BCUT2D eigenvalue weighted by Gasteiger charge is 2.55. The zero-order chi connectivity index (χ0) is 19.8. The van der Waals surface area contributed by atoms with Crippen LogP contribution in [-0.4, -0.2) is 24.0 Å². The van der Waals surface area contributed by atoms with Gasteiger partial charge in [0.05, 0.1) is 23.4 Å². The summed E-state index contributed by atoms with van der Waals surface area (Å²) >= 11 is 0. The molecular weight excluding hydrogens is 341 g/mol. The zero-order valence-corrected chi connectivity index (χ0v) is 15.3. The fourth-order valence-electron chi connectivity index (χ4n) is 4.20. The molecule has 1 aromatic carbocycles. The first-order valence-corrected chi connectivity index (χ1v) is 8.83. The van der Waals surface area contributed by atoms with E-state index in [1.165, 1.54) is 6.07 Å². The minimum absolute atomic E-state index is 0.0799. The Balaban J connectivity index is 2.33. The van der Waals surface area contributed by atoms with Gasteiger partial charge in [-0.3, -0.25) is 4.90 Å². The zero-order valence-electron chi connectivity index (χ0n) is 15.3. The second-order valence-corrected chi connectivity index (χ2v) is 7.24. The second kappa shape index (κ2) is 6.88. The fourth-order valence-corrected chi connectivity index (χ4v) is 4.20. The van der Waals surface area contributed by atoms with Crippen molar-refractivity contribution < 1.29 is 4.39 Å². The van der Waals surface area contributed by atoms with Gasteiger partial charge in [-0.05, 0) is 31.1 Å². The predicted octanol–water partition coefficient (Wildman–Crippen LogP) is 2.96. The lowest BCUT2D eigenvalue weighted by Crippen LogP contribution is -2.49. The van der Waals surface area contributed by atoms with Crippen molar-refractivity contribution in [3.05, 3.63) is 58.6 Å². The molecular formula is C21H20FN5. The normalized spacial score (nSPS) is 24.4. The van der Waals surface area contributed by atoms with E-state index in [-0.39, 0.29) is 28.8 Å². The lowest BCUT2D eigenvalue weighted by Gasteiger charge is -2.46. The van der Waals surface area contributed by atoms with Crippen LogP contribution in [0.5, 0.6) is 0 Å². The summed E-state index contributed by atoms with van der Waals surface area (Å²) in [5.41, 5.74) is 5.50. The van der Waals surface area contributed by atoms with Crippen LogP contribution in [0.3, 0.4) is 0 Å². The van der Waals surface area contributed by atoms with Crippen LogP contribution in [0.2, 0.25) is 0 Å². The van der Waals surface area contributed by atoms with Crippen molar-refractivity contribution in [1.82, 2.24) is 4.90 Å². The molecule has 1 aromatic rings. The number of benzene rings is 1. The fraction of sp³-hybridized carbons (Fsp3) is 0.381. The van der Waals surface area contributed by atoms with E-state index in [9.17, 15) is 20.2 Å². The van der Waals surface area contributed by atoms with Gasteiger partial charge in [0.2, 0.25) is 0 Å². The van der Waals surface area contributed by atoms with Crippen LogP contribution in [0.4, 0.5) is 4.39 Å². The summed E-state index contributed by atoms with van der Waals surface area (Å²) in [5.74, 6) is -1.65. The van der Waals surface area contributed by atoms with Crippen LogP contribution in [0.1, 0.15) is 25.3 Å². The largest absolute Gasteiger partial charge is 0.399 e. The van der Waals surface area contributed by atoms with Gasteiger partial charge in [0.1, 0.15) is 11.9 Å². The maximum atomic E-state index is 14.7. The van der Waals surface area contributed by atoms with Gasteiger partial charge >= 0.3 is 0 Å². The van der Waals surface area contributed by atoms with Gasteiger partial charge < -0.3 is 5.73 Å². The molecule has 136 valence electrons. The Morgan fingerprint density at radius 2 is 1.89 bits per heavy atom. The number of hydrogen-bond donors (Lipinski definition) is 1. The third kappa shape index (κ3) is 2.69. The van der Waals surface area contributed by atoms with Gasteiger partial charge in [-0.15, -0.1) is 0 Å². The number of allylic oxidation sites excluding steroid dienone is 2. The summed E-state index contributed by atoms with van der Waals surface area (Å²) in [5, 5.41) is 29.6. The van der Waals surface area contributed by atoms with Crippen LogP contribution in [0.25, 0.3) is 0 Å². The van der Waals surface area contributed by atoms with Crippen molar-refractivity contribution >= 4 is 0 Å². The van der Waals surface area contributed by atoms with Crippen molar-refractivity contribution in [2.75, 3.05) is 13.1 Å². The van der Waals surface area contributed by atoms with Crippen molar-refractivity contribution in [2.24, 2.45) is 17.1 Å². The number of nitrogens with two attached hydrogens (primary N) is 1. The van der Waals surface area contributed by atoms with E-state index < -0.39 is 17.2 Å². The Morgan fingerprint density at radius 1 is 1.22 bits per heavy atom. The first kappa shape index (κ1) is 18.6. The highest BCUT2D eigenvalue weighted by Crippen LogP contribution is 2.54. The van der Waals surface area contributed by atoms with Gasteiger partial charge in [0, 0.05) is 31.0 Å². The third-order valence-corrected chi connectivity index (χ3v) is 5.66. The van der Waals surface area contributed by atoms with E-state index in [1.807, 2.05) is 18.2 Å². The number of nitriles is 3. The molecule has 0 saturated carbocycles. The SMILES string of the molecule is CC(C)N1CC=C2C(C#N)=C(N)C(C#N)(C#N)[C@H](c3ccccc3F)[C@@H]2C1. The average Bonchev–Trinajstić information content (AvgIpc) is 2.67. The molecule has 2 aliphatic rings. The molecule has 1 heterocycles. The lowest BCUT2D eigenvalue weighted by atomic mass is 9.58. The van der Waals surface area contributed by atoms with Gasteiger partial charge in [-0.1, -0.05) is 24.3 Å². The van der Waals surface area contributed by atoms with Crippen molar-refractivity contribution in [3.63, 3.8) is 0 Å². The molecule has 1 aliphatic carbocycles.